The number of fused-ring (bicyclic) bond motifs is 6. The predicted octanol–water partition coefficient (Wildman–Crippen LogP) is 7.58. The minimum absolute atomic E-state index is 0.00752. The number of aryl methyl sites for hydroxylation is 3. The van der Waals surface area contributed by atoms with Crippen LogP contribution in [-0.4, -0.2) is 72.5 Å². The Balaban J connectivity index is 1.02. The van der Waals surface area contributed by atoms with E-state index in [1.165, 1.54) is 27.1 Å². The number of aromatic amines is 1. The van der Waals surface area contributed by atoms with Crippen LogP contribution in [0.5, 0.6) is 0 Å². The highest BCUT2D eigenvalue weighted by Crippen LogP contribution is 2.57. The Kier molecular flexibility index (Phi) is 8.65. The van der Waals surface area contributed by atoms with E-state index in [1.807, 2.05) is 11.0 Å². The molecule has 17 heteroatoms. The van der Waals surface area contributed by atoms with Gasteiger partial charge in [-0.1, -0.05) is 18.1 Å². The highest BCUT2D eigenvalue weighted by atomic mass is 19.1. The molecule has 8 heterocycles. The van der Waals surface area contributed by atoms with E-state index < -0.39 is 28.8 Å². The number of carbonyl (C=O) groups excluding carboxylic acids is 1. The molecule has 3 aliphatic heterocycles. The second-order valence-corrected chi connectivity index (χ2v) is 19.5. The molecule has 0 radical (unpaired) electrons. The predicted molar refractivity (Wildman–Crippen MR) is 240 cm³/mol. The Labute approximate surface area is 376 Å². The largest absolute Gasteiger partial charge is 0.438 e. The van der Waals surface area contributed by atoms with Crippen molar-refractivity contribution in [1.29, 1.82) is 0 Å². The van der Waals surface area contributed by atoms with Crippen molar-refractivity contribution in [3.63, 3.8) is 0 Å². The van der Waals surface area contributed by atoms with Gasteiger partial charge in [0.1, 0.15) is 22.9 Å². The normalized spacial score (nSPS) is 23.3. The lowest BCUT2D eigenvalue weighted by Gasteiger charge is -2.36. The van der Waals surface area contributed by atoms with Gasteiger partial charge in [-0.25, -0.2) is 23.1 Å². The summed E-state index contributed by atoms with van der Waals surface area (Å²) >= 11 is 0. The highest BCUT2D eigenvalue weighted by Gasteiger charge is 2.59. The van der Waals surface area contributed by atoms with E-state index in [4.69, 9.17) is 14.4 Å². The number of imidazole rings is 1. The molecule has 4 aliphatic rings. The van der Waals surface area contributed by atoms with Crippen LogP contribution in [-0.2, 0) is 23.7 Å². The third-order valence-electron chi connectivity index (χ3n) is 15.0. The number of ether oxygens (including phenoxy) is 1. The van der Waals surface area contributed by atoms with Crippen molar-refractivity contribution >= 4 is 27.7 Å². The van der Waals surface area contributed by atoms with Crippen LogP contribution in [0, 0.1) is 31.4 Å². The summed E-state index contributed by atoms with van der Waals surface area (Å²) in [5.41, 5.74) is 4.22. The third kappa shape index (κ3) is 5.80. The molecule has 0 spiro atoms. The fourth-order valence-corrected chi connectivity index (χ4v) is 11.7. The topological polar surface area (TPSA) is 156 Å². The number of amides is 1. The lowest BCUT2D eigenvalue weighted by molar-refractivity contribution is -0.0592. The maximum Gasteiger partial charge on any atom is 0.438 e. The molecular weight excluding hydrogens is 847 g/mol. The van der Waals surface area contributed by atoms with Gasteiger partial charge in [0.05, 0.1) is 45.8 Å². The number of aromatic nitrogens is 9. The number of hydrogen-bond donors (Lipinski definition) is 1. The van der Waals surface area contributed by atoms with Crippen LogP contribution in [0.15, 0.2) is 81.2 Å². The molecule has 3 aromatic carbocycles. The van der Waals surface area contributed by atoms with E-state index in [0.717, 1.165) is 29.4 Å². The summed E-state index contributed by atoms with van der Waals surface area (Å²) in [6.07, 6.45) is 8.60. The molecule has 66 heavy (non-hydrogen) atoms. The summed E-state index contributed by atoms with van der Waals surface area (Å²) in [4.78, 5) is 47.8. The van der Waals surface area contributed by atoms with Crippen LogP contribution in [0.3, 0.4) is 0 Å². The molecule has 8 aromatic rings. The number of rotatable bonds is 7. The second kappa shape index (κ2) is 14.1. The number of halogens is 2. The van der Waals surface area contributed by atoms with Crippen molar-refractivity contribution in [1.82, 2.24) is 48.3 Å². The third-order valence-corrected chi connectivity index (χ3v) is 15.0. The summed E-state index contributed by atoms with van der Waals surface area (Å²) in [5, 5.41) is 14.7. The molecule has 2 saturated heterocycles. The van der Waals surface area contributed by atoms with Gasteiger partial charge in [-0.05, 0) is 131 Å². The van der Waals surface area contributed by atoms with E-state index >= 15 is 13.6 Å². The lowest BCUT2D eigenvalue weighted by Crippen LogP contribution is -2.43. The first kappa shape index (κ1) is 40.6. The summed E-state index contributed by atoms with van der Waals surface area (Å²) in [7, 11) is 1.72. The molecule has 1 unspecified atom stereocenters. The van der Waals surface area contributed by atoms with Crippen molar-refractivity contribution in [3.05, 3.63) is 139 Å². The Bertz CT molecular complexity index is 3450. The van der Waals surface area contributed by atoms with Crippen molar-refractivity contribution in [2.45, 2.75) is 102 Å². The van der Waals surface area contributed by atoms with E-state index in [9.17, 15) is 9.59 Å². The van der Waals surface area contributed by atoms with Gasteiger partial charge in [-0.15, -0.1) is 0 Å². The molecular formula is C49H48F2N10O5. The van der Waals surface area contributed by atoms with E-state index in [0.29, 0.717) is 77.5 Å². The van der Waals surface area contributed by atoms with Crippen LogP contribution in [0.1, 0.15) is 109 Å². The summed E-state index contributed by atoms with van der Waals surface area (Å²) < 4.78 is 50.5. The Hall–Kier alpha value is -6.88. The van der Waals surface area contributed by atoms with Crippen molar-refractivity contribution < 1.29 is 22.8 Å². The van der Waals surface area contributed by atoms with Crippen molar-refractivity contribution in [3.8, 4) is 17.2 Å². The zero-order valence-electron chi connectivity index (χ0n) is 37.4. The molecule has 3 fully saturated rings. The quantitative estimate of drug-likeness (QED) is 0.172. The maximum atomic E-state index is 16.2. The van der Waals surface area contributed by atoms with Gasteiger partial charge < -0.3 is 14.2 Å². The van der Waals surface area contributed by atoms with Gasteiger partial charge in [0.25, 0.3) is 5.91 Å². The van der Waals surface area contributed by atoms with Gasteiger partial charge in [-0.2, -0.15) is 10.2 Å². The zero-order valence-corrected chi connectivity index (χ0v) is 37.4. The summed E-state index contributed by atoms with van der Waals surface area (Å²) in [5.74, 6) is -0.764. The van der Waals surface area contributed by atoms with E-state index in [-0.39, 0.29) is 46.3 Å². The van der Waals surface area contributed by atoms with E-state index in [2.05, 4.69) is 58.8 Å². The number of benzene rings is 3. The first-order valence-corrected chi connectivity index (χ1v) is 22.6. The molecule has 1 amide bonds. The first-order chi connectivity index (χ1) is 31.6. The number of carbonyl (C=O) groups is 1. The van der Waals surface area contributed by atoms with Crippen LogP contribution >= 0.6 is 0 Å². The van der Waals surface area contributed by atoms with Crippen LogP contribution in [0.25, 0.3) is 39.0 Å². The molecule has 15 nitrogen and oxygen atoms in total. The van der Waals surface area contributed by atoms with E-state index in [1.54, 1.807) is 60.7 Å². The molecule has 338 valence electrons. The molecule has 1 aliphatic carbocycles. The molecule has 1 saturated carbocycles. The zero-order chi connectivity index (χ0) is 45.7. The Morgan fingerprint density at radius 2 is 1.68 bits per heavy atom. The van der Waals surface area contributed by atoms with Crippen LogP contribution in [0.4, 0.5) is 8.78 Å². The van der Waals surface area contributed by atoms with Gasteiger partial charge in [0.15, 0.2) is 11.6 Å². The molecule has 2 bridgehead atoms. The highest BCUT2D eigenvalue weighted by molar-refractivity contribution is 6.00. The van der Waals surface area contributed by atoms with Gasteiger partial charge in [-0.3, -0.25) is 28.1 Å². The number of hydrogen-bond acceptors (Lipinski definition) is 8. The minimum Gasteiger partial charge on any atom is -0.376 e. The smallest absolute Gasteiger partial charge is 0.376 e. The van der Waals surface area contributed by atoms with Gasteiger partial charge in [0, 0.05) is 55.0 Å². The van der Waals surface area contributed by atoms with Gasteiger partial charge in [0.2, 0.25) is 0 Å². The average Bonchev–Trinajstić information content (AvgIpc) is 3.99. The summed E-state index contributed by atoms with van der Waals surface area (Å²) in [6, 6.07) is 14.3. The average molecular weight is 895 g/mol. The molecule has 5 atom stereocenters. The number of H-pyrrole nitrogens is 1. The minimum atomic E-state index is -0.847. The summed E-state index contributed by atoms with van der Waals surface area (Å²) in [6.45, 7) is 10.3. The lowest BCUT2D eigenvalue weighted by atomic mass is 9.83. The van der Waals surface area contributed by atoms with Crippen molar-refractivity contribution in [2.24, 2.45) is 13.0 Å². The SMILES string of the molecule is Cc1cc(-n2nc3c(c2-n2ccn(-c4ccc5c(cnn5C)c4F)c2=O)[C@@H]2CC[C@H](C3)N2C(=O)c2cc3cc(C4CCOC(C)(C)C4)ccc3n2[C@@]2(c3noc(=O)[nH]3)C[C@@H]2C)cc(C)c1F. The van der Waals surface area contributed by atoms with Gasteiger partial charge >= 0.3 is 11.4 Å². The molecule has 12 rings (SSSR count). The fraction of sp³-hybridized carbons (Fsp3) is 0.388. The fourth-order valence-electron chi connectivity index (χ4n) is 11.7. The van der Waals surface area contributed by atoms with Crippen LogP contribution in [0.2, 0.25) is 0 Å². The number of nitrogens with one attached hydrogen (secondary N) is 1. The monoisotopic (exact) mass is 894 g/mol. The Morgan fingerprint density at radius 3 is 2.41 bits per heavy atom. The second-order valence-electron chi connectivity index (χ2n) is 19.5. The maximum absolute atomic E-state index is 16.2. The first-order valence-electron chi connectivity index (χ1n) is 22.6. The van der Waals surface area contributed by atoms with Crippen molar-refractivity contribution in [2.75, 3.05) is 6.61 Å². The molecule has 1 N–H and O–H groups in total. The molecule has 5 aromatic heterocycles. The Morgan fingerprint density at radius 1 is 0.924 bits per heavy atom. The number of nitrogens with zero attached hydrogens (tertiary/aromatic N) is 9. The van der Waals surface area contributed by atoms with Crippen LogP contribution < -0.4 is 11.4 Å². The standard InChI is InChI=1S/C49H48F2N10O5/c1-25-17-32(18-26(2)41(25)50)61-43(58-15-14-57(47(58)64)38-12-11-36-33(42(38)51)24-52-56(36)6)40-34(54-61)21-31-8-10-37(40)59(31)44(62)39-20-30-19-28(29-13-16-65-48(4,5)23-29)7-9-35(30)60(39)49(22-27(49)3)45-53-46(63)66-55-45/h7,9,11-12,14-15,17-20,24,27,29,31,37H,8,10,13,16,21-23H2,1-6H3,(H,53,55,63)/t27-,29?,31+,37-,49-/m0/s1.